The molecule has 2 aliphatic rings. The van der Waals surface area contributed by atoms with Crippen molar-refractivity contribution < 1.29 is 23.0 Å². The Balaban J connectivity index is 1.65. The molecule has 4 rings (SSSR count). The van der Waals surface area contributed by atoms with Crippen molar-refractivity contribution in [2.45, 2.75) is 63.3 Å². The van der Waals surface area contributed by atoms with E-state index < -0.39 is 29.4 Å². The highest BCUT2D eigenvalue weighted by Gasteiger charge is 2.50. The van der Waals surface area contributed by atoms with E-state index in [1.807, 2.05) is 30.3 Å². The van der Waals surface area contributed by atoms with Crippen LogP contribution in [0.4, 0.5) is 8.78 Å². The molecule has 1 amide bonds. The van der Waals surface area contributed by atoms with Gasteiger partial charge in [0.05, 0.1) is 5.56 Å². The van der Waals surface area contributed by atoms with Crippen molar-refractivity contribution in [3.8, 4) is 0 Å². The molecular weight excluding hydrogens is 464 g/mol. The maximum Gasteiger partial charge on any atom is 0.275 e. The van der Waals surface area contributed by atoms with Crippen molar-refractivity contribution in [2.24, 2.45) is 5.10 Å². The summed E-state index contributed by atoms with van der Waals surface area (Å²) < 4.78 is 40.4. The molecule has 0 spiro atoms. The first kappa shape index (κ1) is 26.0. The lowest BCUT2D eigenvalue weighted by Gasteiger charge is -2.36. The lowest BCUT2D eigenvalue weighted by Crippen LogP contribution is -2.49. The van der Waals surface area contributed by atoms with Gasteiger partial charge in [-0.2, -0.15) is 5.01 Å². The summed E-state index contributed by atoms with van der Waals surface area (Å²) >= 11 is 0. The van der Waals surface area contributed by atoms with Crippen LogP contribution in [0, 0.1) is 11.6 Å². The van der Waals surface area contributed by atoms with Gasteiger partial charge < -0.3 is 14.8 Å². The van der Waals surface area contributed by atoms with E-state index in [0.29, 0.717) is 31.0 Å². The summed E-state index contributed by atoms with van der Waals surface area (Å²) in [4.78, 5) is 13.4. The SMILES string of the molecule is CO[C@@H](C)C(=O)N1N=C(c2cc(F)ccc2F)OC1(CCCNC1CC=CCCC1)c1ccccc1. The molecule has 0 saturated heterocycles. The van der Waals surface area contributed by atoms with E-state index in [1.54, 1.807) is 6.92 Å². The smallest absolute Gasteiger partial charge is 0.275 e. The van der Waals surface area contributed by atoms with Crippen molar-refractivity contribution in [3.05, 3.63) is 83.4 Å². The van der Waals surface area contributed by atoms with Gasteiger partial charge in [0.1, 0.15) is 17.7 Å². The van der Waals surface area contributed by atoms with Gasteiger partial charge in [-0.15, -0.1) is 5.10 Å². The van der Waals surface area contributed by atoms with Gasteiger partial charge >= 0.3 is 0 Å². The lowest BCUT2D eigenvalue weighted by molar-refractivity contribution is -0.162. The van der Waals surface area contributed by atoms with Gasteiger partial charge in [-0.05, 0) is 63.8 Å². The highest BCUT2D eigenvalue weighted by Crippen LogP contribution is 2.41. The number of nitrogens with one attached hydrogen (secondary N) is 1. The first-order chi connectivity index (χ1) is 17.4. The Labute approximate surface area is 211 Å². The molecule has 1 aliphatic heterocycles. The summed E-state index contributed by atoms with van der Waals surface area (Å²) in [5.41, 5.74) is -0.779. The largest absolute Gasteiger partial charge is 0.443 e. The second kappa shape index (κ2) is 11.8. The number of nitrogens with zero attached hydrogens (tertiary/aromatic N) is 2. The molecule has 2 aromatic carbocycles. The maximum atomic E-state index is 14.7. The average Bonchev–Trinajstić information content (AvgIpc) is 3.09. The lowest BCUT2D eigenvalue weighted by atomic mass is 9.95. The first-order valence-corrected chi connectivity index (χ1v) is 12.5. The number of methoxy groups -OCH3 is 1. The standard InChI is InChI=1S/C28H33F2N3O3/c1-20(35-2)27(34)33-28(21-11-6-5-7-12-21,17-10-18-31-23-13-8-3-4-9-14-23)36-26(32-33)24-19-22(29)15-16-25(24)30/h3,5-8,11-12,15-16,19-20,23,31H,4,9-10,13-14,17-18H2,1-2H3/t20-,23?,28?/m0/s1. The number of halogens is 2. The second-order valence-electron chi connectivity index (χ2n) is 9.20. The number of hydrogen-bond acceptors (Lipinski definition) is 5. The van der Waals surface area contributed by atoms with E-state index in [9.17, 15) is 13.6 Å². The fraction of sp³-hybridized carbons (Fsp3) is 0.429. The molecule has 0 fully saturated rings. The Morgan fingerprint density at radius 3 is 2.83 bits per heavy atom. The normalized spacial score (nSPS) is 22.6. The number of ether oxygens (including phenoxy) is 2. The number of allylic oxidation sites excluding steroid dienone is 1. The van der Waals surface area contributed by atoms with E-state index in [0.717, 1.165) is 43.9 Å². The monoisotopic (exact) mass is 497 g/mol. The summed E-state index contributed by atoms with van der Waals surface area (Å²) in [5, 5.41) is 9.25. The third kappa shape index (κ3) is 5.65. The van der Waals surface area contributed by atoms with Crippen LogP contribution in [0.1, 0.15) is 56.6 Å². The van der Waals surface area contributed by atoms with Gasteiger partial charge in [-0.3, -0.25) is 4.79 Å². The maximum absolute atomic E-state index is 14.7. The predicted octanol–water partition coefficient (Wildman–Crippen LogP) is 5.24. The van der Waals surface area contributed by atoms with Crippen molar-refractivity contribution >= 4 is 11.8 Å². The number of rotatable bonds is 9. The molecular formula is C28H33F2N3O3. The van der Waals surface area contributed by atoms with Crippen LogP contribution in [0.3, 0.4) is 0 Å². The Bertz CT molecular complexity index is 1110. The topological polar surface area (TPSA) is 63.2 Å². The van der Waals surface area contributed by atoms with E-state index in [-0.39, 0.29) is 11.5 Å². The molecule has 0 aromatic heterocycles. The van der Waals surface area contributed by atoms with Crippen molar-refractivity contribution in [1.82, 2.24) is 10.3 Å². The molecule has 2 aromatic rings. The zero-order valence-electron chi connectivity index (χ0n) is 20.8. The number of hydrazone groups is 1. The Morgan fingerprint density at radius 1 is 1.25 bits per heavy atom. The van der Waals surface area contributed by atoms with Crippen LogP contribution in [-0.2, 0) is 20.0 Å². The van der Waals surface area contributed by atoms with Crippen LogP contribution in [0.15, 0.2) is 65.8 Å². The van der Waals surface area contributed by atoms with Crippen LogP contribution in [0.2, 0.25) is 0 Å². The molecule has 0 radical (unpaired) electrons. The minimum atomic E-state index is -1.33. The van der Waals surface area contributed by atoms with Gasteiger partial charge in [0.2, 0.25) is 11.6 Å². The zero-order valence-corrected chi connectivity index (χ0v) is 20.8. The van der Waals surface area contributed by atoms with Crippen molar-refractivity contribution in [3.63, 3.8) is 0 Å². The summed E-state index contributed by atoms with van der Waals surface area (Å²) in [6.45, 7) is 2.33. The van der Waals surface area contributed by atoms with E-state index in [1.165, 1.54) is 12.1 Å². The van der Waals surface area contributed by atoms with Gasteiger partial charge in [0.15, 0.2) is 0 Å². The Hall–Kier alpha value is -3.10. The minimum absolute atomic E-state index is 0.140. The van der Waals surface area contributed by atoms with Crippen LogP contribution in [0.25, 0.3) is 0 Å². The molecule has 1 N–H and O–H groups in total. The molecule has 0 saturated carbocycles. The number of benzene rings is 2. The Kier molecular flexibility index (Phi) is 8.48. The zero-order chi connectivity index (χ0) is 25.5. The van der Waals surface area contributed by atoms with Crippen LogP contribution >= 0.6 is 0 Å². The number of hydrogen-bond donors (Lipinski definition) is 1. The molecule has 0 bridgehead atoms. The molecule has 6 nitrogen and oxygen atoms in total. The van der Waals surface area contributed by atoms with E-state index >= 15 is 0 Å². The highest BCUT2D eigenvalue weighted by atomic mass is 19.1. The van der Waals surface area contributed by atoms with Crippen LogP contribution in [-0.4, -0.2) is 42.6 Å². The summed E-state index contributed by atoms with van der Waals surface area (Å²) in [6.07, 6.45) is 9.03. The predicted molar refractivity (Wildman–Crippen MR) is 134 cm³/mol. The second-order valence-corrected chi connectivity index (χ2v) is 9.20. The number of carbonyl (C=O) groups is 1. The fourth-order valence-electron chi connectivity index (χ4n) is 4.64. The fourth-order valence-corrected chi connectivity index (χ4v) is 4.64. The van der Waals surface area contributed by atoms with E-state index in [2.05, 4.69) is 22.6 Å². The summed E-state index contributed by atoms with van der Waals surface area (Å²) in [5.74, 6) is -1.89. The van der Waals surface area contributed by atoms with Gasteiger partial charge in [-0.1, -0.05) is 42.5 Å². The third-order valence-corrected chi connectivity index (χ3v) is 6.73. The average molecular weight is 498 g/mol. The molecule has 3 atom stereocenters. The molecule has 8 heteroatoms. The quantitative estimate of drug-likeness (QED) is 0.380. The highest BCUT2D eigenvalue weighted by molar-refractivity contribution is 5.97. The summed E-state index contributed by atoms with van der Waals surface area (Å²) in [7, 11) is 1.44. The number of carbonyl (C=O) groups excluding carboxylic acids is 1. The van der Waals surface area contributed by atoms with Crippen molar-refractivity contribution in [1.29, 1.82) is 0 Å². The van der Waals surface area contributed by atoms with E-state index in [4.69, 9.17) is 9.47 Å². The Morgan fingerprint density at radius 2 is 2.06 bits per heavy atom. The van der Waals surface area contributed by atoms with Gasteiger partial charge in [-0.25, -0.2) is 8.78 Å². The number of amides is 1. The molecule has 1 aliphatic carbocycles. The van der Waals surface area contributed by atoms with Crippen molar-refractivity contribution in [2.75, 3.05) is 13.7 Å². The third-order valence-electron chi connectivity index (χ3n) is 6.73. The molecule has 2 unspecified atom stereocenters. The van der Waals surface area contributed by atoms with Gasteiger partial charge in [0, 0.05) is 25.1 Å². The molecule has 36 heavy (non-hydrogen) atoms. The summed E-state index contributed by atoms with van der Waals surface area (Å²) in [6, 6.07) is 12.7. The van der Waals surface area contributed by atoms with Crippen LogP contribution in [0.5, 0.6) is 0 Å². The molecule has 1 heterocycles. The van der Waals surface area contributed by atoms with Gasteiger partial charge in [0.25, 0.3) is 5.91 Å². The first-order valence-electron chi connectivity index (χ1n) is 12.5. The molecule has 192 valence electrons. The van der Waals surface area contributed by atoms with Crippen LogP contribution < -0.4 is 5.32 Å². The minimum Gasteiger partial charge on any atom is -0.443 e.